The molecule has 1 amide bonds. The number of piperazine rings is 1. The maximum atomic E-state index is 12.2. The van der Waals surface area contributed by atoms with Crippen molar-refractivity contribution in [2.75, 3.05) is 44.2 Å². The number of nitrogens with zero attached hydrogens (tertiary/aromatic N) is 9. The van der Waals surface area contributed by atoms with Gasteiger partial charge in [0, 0.05) is 80.9 Å². The van der Waals surface area contributed by atoms with Crippen LogP contribution in [0.5, 0.6) is 0 Å². The van der Waals surface area contributed by atoms with Gasteiger partial charge in [-0.15, -0.1) is 0 Å². The van der Waals surface area contributed by atoms with Crippen LogP contribution in [-0.4, -0.2) is 76.0 Å². The minimum atomic E-state index is -0.649. The number of rotatable bonds is 7. The molecule has 0 saturated carbocycles. The molecule has 40 heavy (non-hydrogen) atoms. The van der Waals surface area contributed by atoms with Gasteiger partial charge >= 0.3 is 0 Å². The van der Waals surface area contributed by atoms with Crippen LogP contribution < -0.4 is 4.90 Å². The van der Waals surface area contributed by atoms with E-state index >= 15 is 0 Å². The van der Waals surface area contributed by atoms with Crippen molar-refractivity contribution in [2.45, 2.75) is 32.5 Å². The molecule has 11 nitrogen and oxygen atoms in total. The monoisotopic (exact) mass is 559 g/mol. The molecule has 0 aliphatic carbocycles. The molecular formula is C28H30ClN9O2. The largest absolute Gasteiger partial charge is 0.390 e. The van der Waals surface area contributed by atoms with Gasteiger partial charge in [-0.05, 0) is 29.8 Å². The minimum Gasteiger partial charge on any atom is -0.390 e. The summed E-state index contributed by atoms with van der Waals surface area (Å²) in [5, 5.41) is 29.4. The molecule has 12 heteroatoms. The number of aliphatic hydroxyl groups excluding tert-OH is 1. The van der Waals surface area contributed by atoms with Gasteiger partial charge in [-0.1, -0.05) is 34.9 Å². The van der Waals surface area contributed by atoms with Gasteiger partial charge < -0.3 is 14.9 Å². The maximum Gasteiger partial charge on any atom is 0.219 e. The molecule has 1 fully saturated rings. The van der Waals surface area contributed by atoms with Crippen molar-refractivity contribution in [1.29, 1.82) is 5.26 Å². The van der Waals surface area contributed by atoms with Crippen molar-refractivity contribution in [3.63, 3.8) is 0 Å². The van der Waals surface area contributed by atoms with Crippen LogP contribution in [0.2, 0.25) is 5.02 Å². The number of carbonyl (C=O) groups is 1. The zero-order chi connectivity index (χ0) is 28.2. The molecule has 3 heterocycles. The van der Waals surface area contributed by atoms with Gasteiger partial charge in [-0.3, -0.25) is 14.4 Å². The van der Waals surface area contributed by atoms with E-state index in [0.717, 1.165) is 48.7 Å². The molecule has 1 aromatic heterocycles. The number of fused-ring (bicyclic) bond motifs is 1. The number of anilines is 1. The van der Waals surface area contributed by atoms with Gasteiger partial charge in [0.25, 0.3) is 0 Å². The first-order valence-electron chi connectivity index (χ1n) is 13.2. The highest BCUT2D eigenvalue weighted by atomic mass is 35.5. The predicted molar refractivity (Wildman–Crippen MR) is 152 cm³/mol. The van der Waals surface area contributed by atoms with Crippen molar-refractivity contribution < 1.29 is 9.90 Å². The second-order valence-electron chi connectivity index (χ2n) is 10.1. The molecule has 206 valence electrons. The molecule has 0 bridgehead atoms. The van der Waals surface area contributed by atoms with E-state index < -0.39 is 6.10 Å². The summed E-state index contributed by atoms with van der Waals surface area (Å²) in [7, 11) is 0. The second-order valence-corrected chi connectivity index (χ2v) is 10.5. The van der Waals surface area contributed by atoms with Crippen LogP contribution in [-0.2, 0) is 24.3 Å². The lowest BCUT2D eigenvalue weighted by atomic mass is 10.0. The van der Waals surface area contributed by atoms with E-state index in [0.29, 0.717) is 54.6 Å². The van der Waals surface area contributed by atoms with E-state index in [2.05, 4.69) is 25.9 Å². The summed E-state index contributed by atoms with van der Waals surface area (Å²) in [6, 6.07) is 15.1. The van der Waals surface area contributed by atoms with Gasteiger partial charge in [0.05, 0.1) is 40.3 Å². The molecule has 5 rings (SSSR count). The Labute approximate surface area is 237 Å². The minimum absolute atomic E-state index is 0.00760. The molecule has 0 spiro atoms. The van der Waals surface area contributed by atoms with E-state index in [1.807, 2.05) is 35.0 Å². The van der Waals surface area contributed by atoms with Crippen LogP contribution in [0.4, 0.5) is 11.4 Å². The maximum absolute atomic E-state index is 12.2. The number of benzene rings is 2. The quantitative estimate of drug-likeness (QED) is 0.263. The second kappa shape index (κ2) is 12.0. The number of para-hydroxylation sites is 1. The van der Waals surface area contributed by atoms with Crippen molar-refractivity contribution in [2.24, 2.45) is 5.11 Å². The third-order valence-electron chi connectivity index (χ3n) is 7.54. The first-order chi connectivity index (χ1) is 19.4. The first kappa shape index (κ1) is 27.5. The zero-order valence-electron chi connectivity index (χ0n) is 22.2. The van der Waals surface area contributed by atoms with E-state index in [1.165, 1.54) is 0 Å². The fourth-order valence-corrected chi connectivity index (χ4v) is 5.65. The van der Waals surface area contributed by atoms with Gasteiger partial charge in [-0.2, -0.15) is 10.4 Å². The van der Waals surface area contributed by atoms with Crippen molar-refractivity contribution in [3.8, 4) is 17.3 Å². The van der Waals surface area contributed by atoms with E-state index in [1.54, 1.807) is 24.0 Å². The highest BCUT2D eigenvalue weighted by molar-refractivity contribution is 6.33. The number of aromatic nitrogens is 2. The molecule has 0 radical (unpaired) electrons. The SMILES string of the molecule is CC(=O)N1CCc2c(c(-c3ccc(Cl)c(N=[N+]=[N-])c3)nn2CC(O)CN2CCN(c3ccccc3C#N)CC2)C1. The topological polar surface area (TPSA) is 137 Å². The Morgan fingerprint density at radius 2 is 1.98 bits per heavy atom. The molecular weight excluding hydrogens is 530 g/mol. The lowest BCUT2D eigenvalue weighted by molar-refractivity contribution is -0.129. The normalized spacial score (nSPS) is 16.1. The van der Waals surface area contributed by atoms with Gasteiger partial charge in [0.2, 0.25) is 5.91 Å². The summed E-state index contributed by atoms with van der Waals surface area (Å²) in [5.41, 5.74) is 14.2. The highest BCUT2D eigenvalue weighted by Crippen LogP contribution is 2.35. The lowest BCUT2D eigenvalue weighted by Gasteiger charge is -2.37. The van der Waals surface area contributed by atoms with Gasteiger partial charge in [0.15, 0.2) is 0 Å². The Morgan fingerprint density at radius 1 is 1.20 bits per heavy atom. The summed E-state index contributed by atoms with van der Waals surface area (Å²) < 4.78 is 1.86. The molecule has 2 aliphatic heterocycles. The molecule has 1 N–H and O–H groups in total. The number of aliphatic hydroxyl groups is 1. The average Bonchev–Trinajstić information content (AvgIpc) is 3.32. The lowest BCUT2D eigenvalue weighted by Crippen LogP contribution is -2.49. The van der Waals surface area contributed by atoms with Crippen LogP contribution in [0, 0.1) is 11.3 Å². The summed E-state index contributed by atoms with van der Waals surface area (Å²) in [4.78, 5) is 21.2. The van der Waals surface area contributed by atoms with E-state index in [-0.39, 0.29) is 5.91 Å². The Kier molecular flexibility index (Phi) is 8.24. The molecule has 2 aliphatic rings. The van der Waals surface area contributed by atoms with Crippen molar-refractivity contribution in [1.82, 2.24) is 19.6 Å². The predicted octanol–water partition coefficient (Wildman–Crippen LogP) is 4.10. The Bertz CT molecular complexity index is 1500. The van der Waals surface area contributed by atoms with E-state index in [4.69, 9.17) is 22.2 Å². The van der Waals surface area contributed by atoms with Crippen LogP contribution >= 0.6 is 11.6 Å². The zero-order valence-corrected chi connectivity index (χ0v) is 23.0. The number of hydrogen-bond acceptors (Lipinski definition) is 7. The molecule has 3 aromatic rings. The van der Waals surface area contributed by atoms with Crippen molar-refractivity contribution in [3.05, 3.63) is 74.8 Å². The number of hydrogen-bond donors (Lipinski definition) is 1. The summed E-state index contributed by atoms with van der Waals surface area (Å²) in [6.07, 6.45) is -0.0211. The van der Waals surface area contributed by atoms with Crippen LogP contribution in [0.15, 0.2) is 47.6 Å². The van der Waals surface area contributed by atoms with Crippen LogP contribution in [0.3, 0.4) is 0 Å². The number of azide groups is 1. The number of halogens is 1. The molecule has 1 saturated heterocycles. The van der Waals surface area contributed by atoms with Gasteiger partial charge in [0.1, 0.15) is 6.07 Å². The summed E-state index contributed by atoms with van der Waals surface area (Å²) in [6.45, 7) is 6.48. The van der Waals surface area contributed by atoms with Gasteiger partial charge in [-0.25, -0.2) is 0 Å². The molecule has 2 aromatic carbocycles. The number of β-amino-alcohol motifs (C(OH)–C–C–N with tert-alkyl or cyclic N) is 1. The number of amides is 1. The smallest absolute Gasteiger partial charge is 0.219 e. The summed E-state index contributed by atoms with van der Waals surface area (Å²) >= 11 is 6.20. The summed E-state index contributed by atoms with van der Waals surface area (Å²) in [5.74, 6) is -0.00760. The fraction of sp³-hybridized carbons (Fsp3) is 0.393. The van der Waals surface area contributed by atoms with Crippen molar-refractivity contribution >= 4 is 28.9 Å². The number of nitriles is 1. The van der Waals surface area contributed by atoms with Crippen LogP contribution in [0.25, 0.3) is 21.7 Å². The Balaban J connectivity index is 1.32. The average molecular weight is 560 g/mol. The molecule has 1 atom stereocenters. The standard InChI is InChI=1S/C28H30ClN9O2/c1-19(39)37-9-8-27-23(18-37)28(20-6-7-24(29)25(14-20)32-34-31)33-38(27)17-22(40)16-35-10-12-36(13-11-35)26-5-3-2-4-21(26)15-30/h2-7,14,22,40H,8-13,16-18H2,1H3. The Morgan fingerprint density at radius 3 is 2.70 bits per heavy atom. The van der Waals surface area contributed by atoms with E-state index in [9.17, 15) is 15.2 Å². The first-order valence-corrected chi connectivity index (χ1v) is 13.6. The molecule has 1 unspecified atom stereocenters. The third-order valence-corrected chi connectivity index (χ3v) is 7.86. The highest BCUT2D eigenvalue weighted by Gasteiger charge is 2.28. The fourth-order valence-electron chi connectivity index (χ4n) is 5.50. The third kappa shape index (κ3) is 5.76. The number of carbonyl (C=O) groups excluding carboxylic acids is 1. The van der Waals surface area contributed by atoms with Crippen LogP contribution in [0.1, 0.15) is 23.7 Å². The Hall–Kier alpha value is -4.07.